The number of nitrogens with zero attached hydrogens (tertiary/aromatic N) is 2. The first-order chi connectivity index (χ1) is 5.77. The van der Waals surface area contributed by atoms with E-state index < -0.39 is 0 Å². The summed E-state index contributed by atoms with van der Waals surface area (Å²) in [5.74, 6) is 0. The topological polar surface area (TPSA) is 25.8 Å². The number of aromatic nitrogens is 2. The van der Waals surface area contributed by atoms with Crippen molar-refractivity contribution in [3.05, 3.63) is 34.7 Å². The molecular formula is C9H7BrN2. The van der Waals surface area contributed by atoms with Crippen LogP contribution in [0.1, 0.15) is 5.56 Å². The largest absolute Gasteiger partial charge is 0.244 e. The molecule has 1 aromatic carbocycles. The Labute approximate surface area is 78.8 Å². The molecule has 0 radical (unpaired) electrons. The molecule has 0 aliphatic rings. The van der Waals surface area contributed by atoms with Crippen LogP contribution in [0.5, 0.6) is 0 Å². The Kier molecular flexibility index (Phi) is 1.81. The van der Waals surface area contributed by atoms with Crippen molar-refractivity contribution in [2.75, 3.05) is 0 Å². The molecule has 3 heteroatoms. The molecule has 1 heterocycles. The van der Waals surface area contributed by atoms with E-state index in [2.05, 4.69) is 25.9 Å². The number of hydrogen-bond acceptors (Lipinski definition) is 2. The zero-order valence-corrected chi connectivity index (χ0v) is 8.17. The fourth-order valence-corrected chi connectivity index (χ4v) is 1.47. The van der Waals surface area contributed by atoms with Crippen LogP contribution in [0, 0.1) is 6.92 Å². The van der Waals surface area contributed by atoms with Gasteiger partial charge in [0.1, 0.15) is 6.33 Å². The van der Waals surface area contributed by atoms with Crippen LogP contribution in [-0.4, -0.2) is 9.97 Å². The monoisotopic (exact) mass is 222 g/mol. The van der Waals surface area contributed by atoms with Crippen molar-refractivity contribution in [2.24, 2.45) is 0 Å². The highest BCUT2D eigenvalue weighted by Gasteiger charge is 1.98. The first-order valence-corrected chi connectivity index (χ1v) is 4.42. The van der Waals surface area contributed by atoms with E-state index >= 15 is 0 Å². The van der Waals surface area contributed by atoms with Crippen LogP contribution in [-0.2, 0) is 0 Å². The van der Waals surface area contributed by atoms with Gasteiger partial charge in [-0.1, -0.05) is 15.9 Å². The highest BCUT2D eigenvalue weighted by Crippen LogP contribution is 2.21. The SMILES string of the molecule is Cc1cc2ncncc2cc1Br. The molecule has 2 nitrogen and oxygen atoms in total. The van der Waals surface area contributed by atoms with Crippen molar-refractivity contribution in [3.8, 4) is 0 Å². The smallest absolute Gasteiger partial charge is 0.116 e. The standard InChI is InChI=1S/C9H7BrN2/c1-6-2-9-7(3-8(6)10)4-11-5-12-9/h2-5H,1H3. The maximum absolute atomic E-state index is 4.15. The van der Waals surface area contributed by atoms with Crippen LogP contribution >= 0.6 is 15.9 Å². The minimum Gasteiger partial charge on any atom is -0.244 e. The van der Waals surface area contributed by atoms with Gasteiger partial charge in [0.25, 0.3) is 0 Å². The lowest BCUT2D eigenvalue weighted by molar-refractivity contribution is 1.22. The number of halogens is 1. The Morgan fingerprint density at radius 1 is 1.33 bits per heavy atom. The molecule has 0 saturated heterocycles. The third-order valence-electron chi connectivity index (χ3n) is 1.79. The highest BCUT2D eigenvalue weighted by molar-refractivity contribution is 9.10. The molecule has 0 N–H and O–H groups in total. The summed E-state index contributed by atoms with van der Waals surface area (Å²) in [5.41, 5.74) is 2.19. The molecule has 60 valence electrons. The van der Waals surface area contributed by atoms with Crippen molar-refractivity contribution in [1.82, 2.24) is 9.97 Å². The van der Waals surface area contributed by atoms with E-state index in [4.69, 9.17) is 0 Å². The molecule has 0 bridgehead atoms. The average molecular weight is 223 g/mol. The number of aryl methyl sites for hydroxylation is 1. The van der Waals surface area contributed by atoms with Gasteiger partial charge in [0.2, 0.25) is 0 Å². The highest BCUT2D eigenvalue weighted by atomic mass is 79.9. The summed E-state index contributed by atoms with van der Waals surface area (Å²) >= 11 is 3.46. The van der Waals surface area contributed by atoms with Gasteiger partial charge in [0.15, 0.2) is 0 Å². The lowest BCUT2D eigenvalue weighted by atomic mass is 10.2. The van der Waals surface area contributed by atoms with E-state index in [1.165, 1.54) is 5.56 Å². The molecule has 0 aliphatic carbocycles. The van der Waals surface area contributed by atoms with Gasteiger partial charge in [-0.15, -0.1) is 0 Å². The Morgan fingerprint density at radius 2 is 2.17 bits per heavy atom. The second-order valence-electron chi connectivity index (χ2n) is 2.68. The number of benzene rings is 1. The lowest BCUT2D eigenvalue weighted by Gasteiger charge is -1.99. The van der Waals surface area contributed by atoms with Crippen LogP contribution in [0.3, 0.4) is 0 Å². The molecular weight excluding hydrogens is 216 g/mol. The van der Waals surface area contributed by atoms with E-state index in [0.29, 0.717) is 0 Å². The molecule has 0 amide bonds. The second-order valence-corrected chi connectivity index (χ2v) is 3.54. The molecule has 0 aliphatic heterocycles. The molecule has 0 fully saturated rings. The third kappa shape index (κ3) is 1.20. The number of hydrogen-bond donors (Lipinski definition) is 0. The average Bonchev–Trinajstić information content (AvgIpc) is 2.07. The van der Waals surface area contributed by atoms with E-state index in [1.54, 1.807) is 6.33 Å². The Morgan fingerprint density at radius 3 is 3.00 bits per heavy atom. The van der Waals surface area contributed by atoms with Gasteiger partial charge in [-0.25, -0.2) is 9.97 Å². The lowest BCUT2D eigenvalue weighted by Crippen LogP contribution is -1.83. The third-order valence-corrected chi connectivity index (χ3v) is 2.64. The minimum absolute atomic E-state index is 0.991. The summed E-state index contributed by atoms with van der Waals surface area (Å²) in [6.07, 6.45) is 3.38. The van der Waals surface area contributed by atoms with E-state index in [9.17, 15) is 0 Å². The van der Waals surface area contributed by atoms with E-state index in [0.717, 1.165) is 15.4 Å². The van der Waals surface area contributed by atoms with Gasteiger partial charge < -0.3 is 0 Å². The van der Waals surface area contributed by atoms with Crippen LogP contribution in [0.4, 0.5) is 0 Å². The molecule has 0 spiro atoms. The van der Waals surface area contributed by atoms with Gasteiger partial charge in [0.05, 0.1) is 5.52 Å². The summed E-state index contributed by atoms with van der Waals surface area (Å²) in [6, 6.07) is 4.08. The van der Waals surface area contributed by atoms with Crippen molar-refractivity contribution in [3.63, 3.8) is 0 Å². The second kappa shape index (κ2) is 2.83. The van der Waals surface area contributed by atoms with Crippen molar-refractivity contribution in [1.29, 1.82) is 0 Å². The van der Waals surface area contributed by atoms with Crippen molar-refractivity contribution < 1.29 is 0 Å². The molecule has 12 heavy (non-hydrogen) atoms. The van der Waals surface area contributed by atoms with Gasteiger partial charge in [-0.05, 0) is 24.6 Å². The maximum atomic E-state index is 4.15. The molecule has 2 aromatic rings. The fraction of sp³-hybridized carbons (Fsp3) is 0.111. The number of fused-ring (bicyclic) bond motifs is 1. The summed E-state index contributed by atoms with van der Waals surface area (Å²) in [7, 11) is 0. The van der Waals surface area contributed by atoms with Crippen LogP contribution in [0.15, 0.2) is 29.1 Å². The zero-order valence-electron chi connectivity index (χ0n) is 6.58. The van der Waals surface area contributed by atoms with Crippen molar-refractivity contribution in [2.45, 2.75) is 6.92 Å². The Bertz CT molecular complexity index is 385. The van der Waals surface area contributed by atoms with Crippen LogP contribution in [0.25, 0.3) is 10.9 Å². The normalized spacial score (nSPS) is 10.5. The van der Waals surface area contributed by atoms with Gasteiger partial charge in [0, 0.05) is 16.1 Å². The Hall–Kier alpha value is -0.960. The van der Waals surface area contributed by atoms with Crippen molar-refractivity contribution >= 4 is 26.8 Å². The summed E-state index contributed by atoms with van der Waals surface area (Å²) < 4.78 is 1.10. The van der Waals surface area contributed by atoms with Crippen LogP contribution in [0.2, 0.25) is 0 Å². The summed E-state index contributed by atoms with van der Waals surface area (Å²) in [6.45, 7) is 2.05. The van der Waals surface area contributed by atoms with Gasteiger partial charge >= 0.3 is 0 Å². The van der Waals surface area contributed by atoms with Crippen LogP contribution < -0.4 is 0 Å². The fourth-order valence-electron chi connectivity index (χ4n) is 1.11. The summed E-state index contributed by atoms with van der Waals surface area (Å²) in [5, 5.41) is 1.06. The van der Waals surface area contributed by atoms with E-state index in [1.807, 2.05) is 25.3 Å². The molecule has 0 atom stereocenters. The quantitative estimate of drug-likeness (QED) is 0.686. The molecule has 2 rings (SSSR count). The molecule has 0 unspecified atom stereocenters. The predicted molar refractivity (Wildman–Crippen MR) is 52.0 cm³/mol. The summed E-state index contributed by atoms with van der Waals surface area (Å²) in [4.78, 5) is 8.10. The molecule has 1 aromatic heterocycles. The Balaban J connectivity index is 2.84. The predicted octanol–water partition coefficient (Wildman–Crippen LogP) is 2.70. The number of rotatable bonds is 0. The minimum atomic E-state index is 0.991. The first-order valence-electron chi connectivity index (χ1n) is 3.63. The van der Waals surface area contributed by atoms with Gasteiger partial charge in [-0.3, -0.25) is 0 Å². The molecule has 0 saturated carbocycles. The van der Waals surface area contributed by atoms with Gasteiger partial charge in [-0.2, -0.15) is 0 Å². The first kappa shape index (κ1) is 7.68. The van der Waals surface area contributed by atoms with E-state index in [-0.39, 0.29) is 0 Å². The zero-order chi connectivity index (χ0) is 8.55. The maximum Gasteiger partial charge on any atom is 0.116 e.